The molecule has 0 fully saturated rings. The number of nitrogens with zero attached hydrogens (tertiary/aromatic N) is 2. The number of H-pyrrole nitrogens is 1. The first-order valence-electron chi connectivity index (χ1n) is 6.45. The van der Waals surface area contributed by atoms with Crippen LogP contribution in [0.15, 0.2) is 30.5 Å². The molecule has 1 aromatic carbocycles. The maximum absolute atomic E-state index is 4.41. The van der Waals surface area contributed by atoms with Crippen LogP contribution in [0.25, 0.3) is 10.9 Å². The average molecular weight is 254 g/mol. The van der Waals surface area contributed by atoms with Gasteiger partial charge in [-0.05, 0) is 36.9 Å². The molecule has 2 N–H and O–H groups in total. The lowest BCUT2D eigenvalue weighted by atomic mass is 10.1. The maximum atomic E-state index is 4.41. The van der Waals surface area contributed by atoms with Gasteiger partial charge in [-0.15, -0.1) is 0 Å². The highest BCUT2D eigenvalue weighted by molar-refractivity contribution is 5.79. The average Bonchev–Trinajstić information content (AvgIpc) is 2.94. The Kier molecular flexibility index (Phi) is 2.78. The van der Waals surface area contributed by atoms with Crippen molar-refractivity contribution in [2.75, 3.05) is 5.32 Å². The number of aromatic nitrogens is 3. The predicted molar refractivity (Wildman–Crippen MR) is 78.3 cm³/mol. The third-order valence-electron chi connectivity index (χ3n) is 3.60. The molecule has 0 radical (unpaired) electrons. The van der Waals surface area contributed by atoms with Crippen LogP contribution >= 0.6 is 0 Å². The maximum Gasteiger partial charge on any atom is 0.0827 e. The number of nitrogens with one attached hydrogen (secondary N) is 2. The molecule has 4 nitrogen and oxygen atoms in total. The molecular formula is C15H18N4. The summed E-state index contributed by atoms with van der Waals surface area (Å²) >= 11 is 0. The summed E-state index contributed by atoms with van der Waals surface area (Å²) in [5.74, 6) is 0. The molecule has 98 valence electrons. The van der Waals surface area contributed by atoms with Crippen LogP contribution in [0.5, 0.6) is 0 Å². The van der Waals surface area contributed by atoms with Crippen molar-refractivity contribution >= 4 is 16.6 Å². The highest BCUT2D eigenvalue weighted by Crippen LogP contribution is 2.20. The Hall–Kier alpha value is -2.23. The van der Waals surface area contributed by atoms with Crippen molar-refractivity contribution in [1.29, 1.82) is 0 Å². The van der Waals surface area contributed by atoms with Gasteiger partial charge in [0.2, 0.25) is 0 Å². The monoisotopic (exact) mass is 254 g/mol. The van der Waals surface area contributed by atoms with Crippen LogP contribution in [0.4, 0.5) is 5.69 Å². The van der Waals surface area contributed by atoms with Crippen molar-refractivity contribution in [3.8, 4) is 0 Å². The Morgan fingerprint density at radius 3 is 2.84 bits per heavy atom. The molecular weight excluding hydrogens is 236 g/mol. The van der Waals surface area contributed by atoms with Gasteiger partial charge in [-0.1, -0.05) is 12.1 Å². The topological polar surface area (TPSA) is 45.6 Å². The number of hydrogen-bond acceptors (Lipinski definition) is 2. The number of anilines is 1. The van der Waals surface area contributed by atoms with E-state index in [1.807, 2.05) is 24.9 Å². The summed E-state index contributed by atoms with van der Waals surface area (Å²) in [6.45, 7) is 4.92. The molecule has 3 aromatic rings. The number of benzene rings is 1. The summed E-state index contributed by atoms with van der Waals surface area (Å²) in [4.78, 5) is 3.24. The van der Waals surface area contributed by atoms with Gasteiger partial charge >= 0.3 is 0 Å². The van der Waals surface area contributed by atoms with Gasteiger partial charge in [-0.2, -0.15) is 5.10 Å². The van der Waals surface area contributed by atoms with Crippen LogP contribution in [-0.4, -0.2) is 14.8 Å². The number of aromatic amines is 1. The Morgan fingerprint density at radius 2 is 2.11 bits per heavy atom. The van der Waals surface area contributed by atoms with Gasteiger partial charge in [0.05, 0.1) is 17.1 Å². The van der Waals surface area contributed by atoms with Crippen molar-refractivity contribution < 1.29 is 0 Å². The Bertz CT molecular complexity index is 721. The summed E-state index contributed by atoms with van der Waals surface area (Å²) in [5.41, 5.74) is 5.78. The number of fused-ring (bicyclic) bond motifs is 1. The lowest BCUT2D eigenvalue weighted by Crippen LogP contribution is -2.01. The minimum absolute atomic E-state index is 0.808. The van der Waals surface area contributed by atoms with E-state index in [4.69, 9.17) is 0 Å². The van der Waals surface area contributed by atoms with E-state index in [0.29, 0.717) is 0 Å². The van der Waals surface area contributed by atoms with Crippen LogP contribution in [0.2, 0.25) is 0 Å². The summed E-state index contributed by atoms with van der Waals surface area (Å²) < 4.78 is 1.91. The minimum Gasteiger partial charge on any atom is -0.378 e. The first-order valence-corrected chi connectivity index (χ1v) is 6.45. The normalized spacial score (nSPS) is 11.1. The molecule has 2 heterocycles. The van der Waals surface area contributed by atoms with Crippen LogP contribution in [0.3, 0.4) is 0 Å². The summed E-state index contributed by atoms with van der Waals surface area (Å²) in [5, 5.41) is 9.14. The highest BCUT2D eigenvalue weighted by atomic mass is 15.3. The Balaban J connectivity index is 1.81. The Labute approximate surface area is 112 Å². The van der Waals surface area contributed by atoms with E-state index in [1.165, 1.54) is 22.2 Å². The number of hydrogen-bond donors (Lipinski definition) is 2. The van der Waals surface area contributed by atoms with Crippen LogP contribution < -0.4 is 5.32 Å². The molecule has 3 rings (SSSR count). The van der Waals surface area contributed by atoms with Gasteiger partial charge < -0.3 is 10.3 Å². The fourth-order valence-electron chi connectivity index (χ4n) is 2.42. The third kappa shape index (κ3) is 2.10. The van der Waals surface area contributed by atoms with Gasteiger partial charge in [-0.3, -0.25) is 4.68 Å². The van der Waals surface area contributed by atoms with Crippen LogP contribution in [0, 0.1) is 13.8 Å². The smallest absolute Gasteiger partial charge is 0.0827 e. The molecule has 0 amide bonds. The van der Waals surface area contributed by atoms with E-state index < -0.39 is 0 Å². The number of rotatable bonds is 3. The fraction of sp³-hybridized carbons (Fsp3) is 0.267. The van der Waals surface area contributed by atoms with E-state index in [2.05, 4.69) is 46.6 Å². The van der Waals surface area contributed by atoms with Gasteiger partial charge in [0.15, 0.2) is 0 Å². The molecule has 0 aliphatic heterocycles. The predicted octanol–water partition coefficient (Wildman–Crippen LogP) is 3.13. The van der Waals surface area contributed by atoms with Crippen LogP contribution in [0.1, 0.15) is 17.0 Å². The molecule has 0 saturated carbocycles. The van der Waals surface area contributed by atoms with Gasteiger partial charge in [-0.25, -0.2) is 0 Å². The second-order valence-electron chi connectivity index (χ2n) is 4.92. The van der Waals surface area contributed by atoms with Crippen molar-refractivity contribution in [1.82, 2.24) is 14.8 Å². The lowest BCUT2D eigenvalue weighted by molar-refractivity contribution is 0.731. The van der Waals surface area contributed by atoms with Crippen molar-refractivity contribution in [2.24, 2.45) is 7.05 Å². The molecule has 0 spiro atoms. The van der Waals surface area contributed by atoms with Gasteiger partial charge in [0.25, 0.3) is 0 Å². The minimum atomic E-state index is 0.808. The molecule has 0 bridgehead atoms. The van der Waals surface area contributed by atoms with E-state index in [1.54, 1.807) is 0 Å². The zero-order chi connectivity index (χ0) is 13.4. The van der Waals surface area contributed by atoms with E-state index >= 15 is 0 Å². The first kappa shape index (κ1) is 11.8. The van der Waals surface area contributed by atoms with E-state index in [9.17, 15) is 0 Å². The van der Waals surface area contributed by atoms with Crippen molar-refractivity contribution in [3.63, 3.8) is 0 Å². The molecule has 0 aliphatic carbocycles. The zero-order valence-electron chi connectivity index (χ0n) is 11.5. The fourth-order valence-corrected chi connectivity index (χ4v) is 2.42. The van der Waals surface area contributed by atoms with Crippen molar-refractivity contribution in [2.45, 2.75) is 20.4 Å². The van der Waals surface area contributed by atoms with E-state index in [-0.39, 0.29) is 0 Å². The van der Waals surface area contributed by atoms with Gasteiger partial charge in [0.1, 0.15) is 0 Å². The summed E-state index contributed by atoms with van der Waals surface area (Å²) in [7, 11) is 1.97. The lowest BCUT2D eigenvalue weighted by Gasteiger charge is -2.07. The largest absolute Gasteiger partial charge is 0.378 e. The van der Waals surface area contributed by atoms with Crippen LogP contribution in [-0.2, 0) is 13.6 Å². The Morgan fingerprint density at radius 1 is 1.26 bits per heavy atom. The molecule has 0 aliphatic rings. The number of aryl methyl sites for hydroxylation is 2. The zero-order valence-corrected chi connectivity index (χ0v) is 11.5. The molecule has 0 unspecified atom stereocenters. The standard InChI is InChI=1S/C15H18N4/c1-10-15(11(2)19(3)18-10)17-9-12-4-5-13-6-7-16-14(13)8-12/h4-8,16-17H,9H2,1-3H3. The second kappa shape index (κ2) is 4.46. The second-order valence-corrected chi connectivity index (χ2v) is 4.92. The molecule has 4 heteroatoms. The van der Waals surface area contributed by atoms with E-state index in [0.717, 1.165) is 17.9 Å². The molecule has 0 saturated heterocycles. The summed E-state index contributed by atoms with van der Waals surface area (Å²) in [6.07, 6.45) is 1.97. The first-order chi connectivity index (χ1) is 9.15. The quantitative estimate of drug-likeness (QED) is 0.754. The molecule has 0 atom stereocenters. The molecule has 19 heavy (non-hydrogen) atoms. The third-order valence-corrected chi connectivity index (χ3v) is 3.60. The highest BCUT2D eigenvalue weighted by Gasteiger charge is 2.08. The van der Waals surface area contributed by atoms with Gasteiger partial charge in [0, 0.05) is 25.3 Å². The molecule has 2 aromatic heterocycles. The summed E-state index contributed by atoms with van der Waals surface area (Å²) in [6, 6.07) is 8.57. The SMILES string of the molecule is Cc1nn(C)c(C)c1NCc1ccc2cc[nH]c2c1. The van der Waals surface area contributed by atoms with Crippen molar-refractivity contribution in [3.05, 3.63) is 47.4 Å².